The molecule has 0 spiro atoms. The molecule has 0 bridgehead atoms. The van der Waals surface area contributed by atoms with E-state index in [2.05, 4.69) is 10.3 Å². The lowest BCUT2D eigenvalue weighted by atomic mass is 10.1. The minimum Gasteiger partial charge on any atom is -0.481 e. The Labute approximate surface area is 109 Å². The summed E-state index contributed by atoms with van der Waals surface area (Å²) in [5.74, 6) is -0.948. The molecule has 0 aliphatic carbocycles. The molecule has 0 aromatic carbocycles. The highest BCUT2D eigenvalue weighted by atomic mass is 32.1. The number of amides is 1. The molecule has 0 radical (unpaired) electrons. The van der Waals surface area contributed by atoms with Crippen LogP contribution in [0.4, 0.5) is 5.13 Å². The second-order valence-corrected chi connectivity index (χ2v) is 4.89. The number of nitrogens with zero attached hydrogens (tertiary/aromatic N) is 1. The molecule has 0 aliphatic heterocycles. The first-order valence-corrected chi connectivity index (χ1v) is 6.34. The van der Waals surface area contributed by atoms with E-state index in [0.29, 0.717) is 23.9 Å². The third kappa shape index (κ3) is 5.24. The van der Waals surface area contributed by atoms with Crippen LogP contribution in [-0.4, -0.2) is 35.7 Å². The first-order valence-electron chi connectivity index (χ1n) is 5.46. The molecular weight excluding hydrogens is 256 g/mol. The zero-order valence-electron chi connectivity index (χ0n) is 10.3. The van der Waals surface area contributed by atoms with Crippen molar-refractivity contribution in [3.8, 4) is 0 Å². The Kier molecular flexibility index (Phi) is 5.73. The third-order valence-electron chi connectivity index (χ3n) is 2.12. The maximum Gasteiger partial charge on any atom is 0.309 e. The lowest BCUT2D eigenvalue weighted by Gasteiger charge is -2.08. The number of hydrogen-bond donors (Lipinski definition) is 2. The van der Waals surface area contributed by atoms with E-state index in [1.165, 1.54) is 11.3 Å². The van der Waals surface area contributed by atoms with Gasteiger partial charge in [0.2, 0.25) is 5.91 Å². The predicted octanol–water partition coefficient (Wildman–Crippen LogP) is 1.38. The Morgan fingerprint density at radius 2 is 2.33 bits per heavy atom. The van der Waals surface area contributed by atoms with Crippen LogP contribution in [0.25, 0.3) is 0 Å². The van der Waals surface area contributed by atoms with Crippen molar-refractivity contribution in [2.45, 2.75) is 19.8 Å². The van der Waals surface area contributed by atoms with E-state index < -0.39 is 5.97 Å². The molecule has 0 fully saturated rings. The highest BCUT2D eigenvalue weighted by molar-refractivity contribution is 7.13. The summed E-state index contributed by atoms with van der Waals surface area (Å²) in [6.07, 6.45) is 0.216. The number of methoxy groups -OCH3 is 1. The van der Waals surface area contributed by atoms with Crippen LogP contribution in [0.2, 0.25) is 0 Å². The fourth-order valence-electron chi connectivity index (χ4n) is 1.43. The molecule has 1 aromatic heterocycles. The summed E-state index contributed by atoms with van der Waals surface area (Å²) >= 11 is 1.22. The molecule has 7 heteroatoms. The molecule has 1 aromatic rings. The largest absolute Gasteiger partial charge is 0.481 e. The van der Waals surface area contributed by atoms with E-state index in [0.717, 1.165) is 0 Å². The Morgan fingerprint density at radius 1 is 1.61 bits per heavy atom. The number of aromatic nitrogens is 1. The number of ether oxygens (including phenoxy) is 1. The predicted molar refractivity (Wildman–Crippen MR) is 67.7 cm³/mol. The van der Waals surface area contributed by atoms with Crippen LogP contribution in [0.5, 0.6) is 0 Å². The number of carbonyl (C=O) groups is 2. The van der Waals surface area contributed by atoms with Crippen LogP contribution >= 0.6 is 11.3 Å². The van der Waals surface area contributed by atoms with Crippen LogP contribution in [-0.2, 0) is 20.7 Å². The molecule has 6 nitrogen and oxygen atoms in total. The van der Waals surface area contributed by atoms with E-state index in [9.17, 15) is 9.59 Å². The van der Waals surface area contributed by atoms with Crippen molar-refractivity contribution in [2.24, 2.45) is 5.92 Å². The number of hydrogen-bond acceptors (Lipinski definition) is 5. The van der Waals surface area contributed by atoms with Crippen LogP contribution < -0.4 is 5.32 Å². The van der Waals surface area contributed by atoms with Gasteiger partial charge in [-0.2, -0.15) is 0 Å². The first-order chi connectivity index (χ1) is 8.51. The zero-order valence-corrected chi connectivity index (χ0v) is 11.1. The Bertz CT molecular complexity index is 419. The Morgan fingerprint density at radius 3 is 2.94 bits per heavy atom. The fourth-order valence-corrected chi connectivity index (χ4v) is 2.16. The van der Waals surface area contributed by atoms with Crippen LogP contribution in [0.15, 0.2) is 5.38 Å². The van der Waals surface area contributed by atoms with Gasteiger partial charge in [-0.1, -0.05) is 6.92 Å². The molecule has 1 heterocycles. The number of carbonyl (C=O) groups excluding carboxylic acids is 1. The SMILES string of the molecule is COCC(C)CC(=O)Nc1nc(CC(=O)O)cs1. The van der Waals surface area contributed by atoms with Gasteiger partial charge in [-0.15, -0.1) is 11.3 Å². The average molecular weight is 272 g/mol. The van der Waals surface area contributed by atoms with E-state index in [1.807, 2.05) is 6.92 Å². The summed E-state index contributed by atoms with van der Waals surface area (Å²) in [6, 6.07) is 0. The summed E-state index contributed by atoms with van der Waals surface area (Å²) in [7, 11) is 1.59. The molecule has 1 amide bonds. The van der Waals surface area contributed by atoms with Crippen LogP contribution in [0.3, 0.4) is 0 Å². The Hall–Kier alpha value is -1.47. The van der Waals surface area contributed by atoms with E-state index >= 15 is 0 Å². The van der Waals surface area contributed by atoms with Gasteiger partial charge >= 0.3 is 5.97 Å². The summed E-state index contributed by atoms with van der Waals surface area (Å²) in [5, 5.41) is 13.3. The van der Waals surface area contributed by atoms with Crippen molar-refractivity contribution in [2.75, 3.05) is 19.0 Å². The summed E-state index contributed by atoms with van der Waals surface area (Å²) < 4.78 is 4.94. The van der Waals surface area contributed by atoms with Crippen molar-refractivity contribution in [1.29, 1.82) is 0 Å². The van der Waals surface area contributed by atoms with Gasteiger partial charge in [0.05, 0.1) is 12.1 Å². The standard InChI is InChI=1S/C11H16N2O4S/c1-7(5-17-2)3-9(14)13-11-12-8(6-18-11)4-10(15)16/h6-7H,3-5H2,1-2H3,(H,15,16)(H,12,13,14). The maximum atomic E-state index is 11.6. The number of thiazole rings is 1. The van der Waals surface area contributed by atoms with Gasteiger partial charge in [0.25, 0.3) is 0 Å². The molecule has 18 heavy (non-hydrogen) atoms. The molecule has 100 valence electrons. The van der Waals surface area contributed by atoms with E-state index in [4.69, 9.17) is 9.84 Å². The zero-order chi connectivity index (χ0) is 13.5. The van der Waals surface area contributed by atoms with Crippen molar-refractivity contribution < 1.29 is 19.4 Å². The third-order valence-corrected chi connectivity index (χ3v) is 2.92. The van der Waals surface area contributed by atoms with E-state index in [-0.39, 0.29) is 18.2 Å². The molecule has 0 saturated carbocycles. The number of anilines is 1. The quantitative estimate of drug-likeness (QED) is 0.783. The summed E-state index contributed by atoms with van der Waals surface area (Å²) in [4.78, 5) is 26.1. The van der Waals surface area contributed by atoms with Crippen LogP contribution in [0, 0.1) is 5.92 Å². The van der Waals surface area contributed by atoms with Crippen molar-refractivity contribution >= 4 is 28.3 Å². The topological polar surface area (TPSA) is 88.5 Å². The second kappa shape index (κ2) is 7.07. The van der Waals surface area contributed by atoms with Crippen molar-refractivity contribution in [3.05, 3.63) is 11.1 Å². The molecule has 1 unspecified atom stereocenters. The summed E-state index contributed by atoms with van der Waals surface area (Å²) in [5.41, 5.74) is 0.452. The van der Waals surface area contributed by atoms with Gasteiger partial charge in [0.1, 0.15) is 0 Å². The van der Waals surface area contributed by atoms with Gasteiger partial charge in [-0.05, 0) is 5.92 Å². The van der Waals surface area contributed by atoms with Crippen molar-refractivity contribution in [3.63, 3.8) is 0 Å². The highest BCUT2D eigenvalue weighted by Crippen LogP contribution is 2.16. The number of aliphatic carboxylic acids is 1. The number of carboxylic acid groups (broad SMARTS) is 1. The Balaban J connectivity index is 2.44. The maximum absolute atomic E-state index is 11.6. The molecule has 1 atom stereocenters. The van der Waals surface area contributed by atoms with Gasteiger partial charge in [0.15, 0.2) is 5.13 Å². The fraction of sp³-hybridized carbons (Fsp3) is 0.545. The summed E-state index contributed by atoms with van der Waals surface area (Å²) in [6.45, 7) is 2.44. The van der Waals surface area contributed by atoms with Gasteiger partial charge in [-0.25, -0.2) is 4.98 Å². The number of carboxylic acids is 1. The number of nitrogens with one attached hydrogen (secondary N) is 1. The number of rotatable bonds is 7. The second-order valence-electron chi connectivity index (χ2n) is 4.03. The van der Waals surface area contributed by atoms with E-state index in [1.54, 1.807) is 12.5 Å². The highest BCUT2D eigenvalue weighted by Gasteiger charge is 2.12. The first kappa shape index (κ1) is 14.6. The minimum atomic E-state index is -0.938. The van der Waals surface area contributed by atoms with Crippen LogP contribution in [0.1, 0.15) is 19.0 Å². The van der Waals surface area contributed by atoms with Gasteiger partial charge in [-0.3, -0.25) is 9.59 Å². The molecule has 0 aliphatic rings. The molecule has 1 rings (SSSR count). The molecule has 2 N–H and O–H groups in total. The normalized spacial score (nSPS) is 12.1. The van der Waals surface area contributed by atoms with Gasteiger partial charge in [0, 0.05) is 25.5 Å². The average Bonchev–Trinajstić information content (AvgIpc) is 2.64. The lowest BCUT2D eigenvalue weighted by molar-refractivity contribution is -0.136. The monoisotopic (exact) mass is 272 g/mol. The van der Waals surface area contributed by atoms with Crippen molar-refractivity contribution in [1.82, 2.24) is 4.98 Å². The smallest absolute Gasteiger partial charge is 0.309 e. The molecular formula is C11H16N2O4S. The minimum absolute atomic E-state index is 0.132. The van der Waals surface area contributed by atoms with Gasteiger partial charge < -0.3 is 15.2 Å². The molecule has 0 saturated heterocycles. The lowest BCUT2D eigenvalue weighted by Crippen LogP contribution is -2.17.